The lowest BCUT2D eigenvalue weighted by atomic mass is 10.3. The van der Waals surface area contributed by atoms with Gasteiger partial charge in [0.15, 0.2) is 5.82 Å². The van der Waals surface area contributed by atoms with Crippen molar-refractivity contribution in [2.24, 2.45) is 0 Å². The molecule has 0 spiro atoms. The predicted molar refractivity (Wildman–Crippen MR) is 87.9 cm³/mol. The Morgan fingerprint density at radius 3 is 2.91 bits per heavy atom. The van der Waals surface area contributed by atoms with Crippen molar-refractivity contribution in [2.75, 3.05) is 11.1 Å². The Morgan fingerprint density at radius 1 is 1.43 bits per heavy atom. The first-order chi connectivity index (χ1) is 11.0. The minimum absolute atomic E-state index is 0.129. The maximum Gasteiger partial charge on any atom is 0.238 e. The molecule has 1 atom stereocenters. The summed E-state index contributed by atoms with van der Waals surface area (Å²) in [5.74, 6) is 0.850. The Kier molecular flexibility index (Phi) is 6.16. The van der Waals surface area contributed by atoms with Gasteiger partial charge in [0, 0.05) is 25.0 Å². The van der Waals surface area contributed by atoms with Crippen LogP contribution >= 0.6 is 11.8 Å². The molecule has 7 nitrogen and oxygen atoms in total. The standard InChI is InChI=1S/C15H18N4O3S/c1-10-6-13(19-22-10)18-15(21)11(2)23-9-14(20)17-8-12-4-3-5-16-7-12/h3-7,11H,8-9H2,1-2H3,(H,17,20)(H,18,19,21)/t11-/m0/s1. The van der Waals surface area contributed by atoms with E-state index >= 15 is 0 Å². The molecule has 0 aromatic carbocycles. The lowest BCUT2D eigenvalue weighted by molar-refractivity contribution is -0.118. The average Bonchev–Trinajstić information content (AvgIpc) is 2.96. The monoisotopic (exact) mass is 334 g/mol. The molecule has 2 aromatic heterocycles. The number of nitrogens with one attached hydrogen (secondary N) is 2. The second-order valence-corrected chi connectivity index (χ2v) is 6.23. The molecule has 2 rings (SSSR count). The molecule has 0 fully saturated rings. The Balaban J connectivity index is 1.69. The number of thioether (sulfide) groups is 1. The normalized spacial score (nSPS) is 11.7. The summed E-state index contributed by atoms with van der Waals surface area (Å²) in [6, 6.07) is 5.33. The molecule has 0 radical (unpaired) electrons. The SMILES string of the molecule is Cc1cc(NC(=O)[C@H](C)SCC(=O)NCc2cccnc2)no1. The van der Waals surface area contributed by atoms with Crippen LogP contribution in [0.2, 0.25) is 0 Å². The van der Waals surface area contributed by atoms with Gasteiger partial charge in [0.1, 0.15) is 5.76 Å². The van der Waals surface area contributed by atoms with Gasteiger partial charge in [0.2, 0.25) is 11.8 Å². The van der Waals surface area contributed by atoms with Gasteiger partial charge in [-0.2, -0.15) is 0 Å². The molecule has 122 valence electrons. The predicted octanol–water partition coefficient (Wildman–Crippen LogP) is 1.75. The number of aryl methyl sites for hydroxylation is 1. The van der Waals surface area contributed by atoms with Crippen molar-refractivity contribution < 1.29 is 14.1 Å². The van der Waals surface area contributed by atoms with Crippen molar-refractivity contribution in [1.82, 2.24) is 15.5 Å². The Morgan fingerprint density at radius 2 is 2.26 bits per heavy atom. The number of amides is 2. The largest absolute Gasteiger partial charge is 0.360 e. The zero-order valence-corrected chi connectivity index (χ0v) is 13.7. The second-order valence-electron chi connectivity index (χ2n) is 4.90. The molecule has 0 aliphatic rings. The topological polar surface area (TPSA) is 97.1 Å². The van der Waals surface area contributed by atoms with Gasteiger partial charge in [0.25, 0.3) is 0 Å². The van der Waals surface area contributed by atoms with Gasteiger partial charge in [-0.05, 0) is 25.5 Å². The molecule has 0 unspecified atom stereocenters. The van der Waals surface area contributed by atoms with Crippen molar-refractivity contribution in [3.63, 3.8) is 0 Å². The molecular formula is C15H18N4O3S. The summed E-state index contributed by atoms with van der Waals surface area (Å²) in [4.78, 5) is 27.7. The van der Waals surface area contributed by atoms with Crippen LogP contribution in [0, 0.1) is 6.92 Å². The van der Waals surface area contributed by atoms with E-state index in [1.54, 1.807) is 32.3 Å². The highest BCUT2D eigenvalue weighted by Gasteiger charge is 2.16. The van der Waals surface area contributed by atoms with Crippen molar-refractivity contribution in [2.45, 2.75) is 25.6 Å². The smallest absolute Gasteiger partial charge is 0.238 e. The lowest BCUT2D eigenvalue weighted by Gasteiger charge is -2.10. The molecule has 2 N–H and O–H groups in total. The first kappa shape index (κ1) is 17.0. The van der Waals surface area contributed by atoms with E-state index in [0.29, 0.717) is 18.1 Å². The van der Waals surface area contributed by atoms with Crippen molar-refractivity contribution in [3.05, 3.63) is 41.9 Å². The molecule has 8 heteroatoms. The number of hydrogen-bond acceptors (Lipinski definition) is 6. The summed E-state index contributed by atoms with van der Waals surface area (Å²) in [7, 11) is 0. The van der Waals surface area contributed by atoms with Crippen LogP contribution in [0.25, 0.3) is 0 Å². The van der Waals surface area contributed by atoms with E-state index < -0.39 is 0 Å². The second kappa shape index (κ2) is 8.33. The third-order valence-electron chi connectivity index (χ3n) is 2.93. The fourth-order valence-electron chi connectivity index (χ4n) is 1.68. The molecular weight excluding hydrogens is 316 g/mol. The van der Waals surface area contributed by atoms with Crippen LogP contribution in [0.1, 0.15) is 18.2 Å². The van der Waals surface area contributed by atoms with E-state index in [2.05, 4.69) is 20.8 Å². The van der Waals surface area contributed by atoms with Crippen LogP contribution in [0.15, 0.2) is 35.1 Å². The van der Waals surface area contributed by atoms with Gasteiger partial charge in [-0.1, -0.05) is 11.2 Å². The summed E-state index contributed by atoms with van der Waals surface area (Å²) < 4.78 is 4.88. The summed E-state index contributed by atoms with van der Waals surface area (Å²) in [5.41, 5.74) is 0.929. The van der Waals surface area contributed by atoms with Crippen molar-refractivity contribution >= 4 is 29.4 Å². The van der Waals surface area contributed by atoms with Gasteiger partial charge in [-0.15, -0.1) is 11.8 Å². The molecule has 2 heterocycles. The van der Waals surface area contributed by atoms with Crippen LogP contribution in [0.5, 0.6) is 0 Å². The Bertz CT molecular complexity index is 660. The van der Waals surface area contributed by atoms with Crippen LogP contribution in [-0.4, -0.2) is 33.0 Å². The summed E-state index contributed by atoms with van der Waals surface area (Å²) in [5, 5.41) is 8.74. The molecule has 0 saturated heterocycles. The fourth-order valence-corrected chi connectivity index (χ4v) is 2.40. The molecule has 0 aliphatic carbocycles. The van der Waals surface area contributed by atoms with Gasteiger partial charge in [-0.25, -0.2) is 0 Å². The maximum atomic E-state index is 12.0. The van der Waals surface area contributed by atoms with Gasteiger partial charge in [-0.3, -0.25) is 14.6 Å². The number of nitrogens with zero attached hydrogens (tertiary/aromatic N) is 2. The number of carbonyl (C=O) groups excluding carboxylic acids is 2. The highest BCUT2D eigenvalue weighted by Crippen LogP contribution is 2.14. The number of anilines is 1. The van der Waals surface area contributed by atoms with E-state index in [9.17, 15) is 9.59 Å². The van der Waals surface area contributed by atoms with Gasteiger partial charge >= 0.3 is 0 Å². The zero-order valence-electron chi connectivity index (χ0n) is 12.9. The molecule has 0 saturated carbocycles. The number of rotatable bonds is 7. The van der Waals surface area contributed by atoms with E-state index in [1.807, 2.05) is 12.1 Å². The van der Waals surface area contributed by atoms with Crippen molar-refractivity contribution in [1.29, 1.82) is 0 Å². The van der Waals surface area contributed by atoms with E-state index in [4.69, 9.17) is 4.52 Å². The van der Waals surface area contributed by atoms with Crippen LogP contribution in [-0.2, 0) is 16.1 Å². The average molecular weight is 334 g/mol. The summed E-state index contributed by atoms with van der Waals surface area (Å²) in [6.07, 6.45) is 3.38. The quantitative estimate of drug-likeness (QED) is 0.801. The van der Waals surface area contributed by atoms with Gasteiger partial charge in [0.05, 0.1) is 11.0 Å². The summed E-state index contributed by atoms with van der Waals surface area (Å²) in [6.45, 7) is 3.90. The van der Waals surface area contributed by atoms with Crippen LogP contribution in [0.3, 0.4) is 0 Å². The van der Waals surface area contributed by atoms with E-state index in [0.717, 1.165) is 5.56 Å². The molecule has 0 aliphatic heterocycles. The third-order valence-corrected chi connectivity index (χ3v) is 4.07. The molecule has 2 amide bonds. The van der Waals surface area contributed by atoms with Crippen LogP contribution < -0.4 is 10.6 Å². The Hall–Kier alpha value is -2.35. The van der Waals surface area contributed by atoms with E-state index in [-0.39, 0.29) is 22.8 Å². The number of aromatic nitrogens is 2. The highest BCUT2D eigenvalue weighted by atomic mass is 32.2. The minimum atomic E-state index is -0.379. The highest BCUT2D eigenvalue weighted by molar-refractivity contribution is 8.01. The molecule has 0 bridgehead atoms. The van der Waals surface area contributed by atoms with Gasteiger partial charge < -0.3 is 15.2 Å². The first-order valence-electron chi connectivity index (χ1n) is 7.06. The van der Waals surface area contributed by atoms with Crippen molar-refractivity contribution in [3.8, 4) is 0 Å². The molecule has 2 aromatic rings. The number of carbonyl (C=O) groups is 2. The maximum absolute atomic E-state index is 12.0. The lowest BCUT2D eigenvalue weighted by Crippen LogP contribution is -2.28. The summed E-state index contributed by atoms with van der Waals surface area (Å²) >= 11 is 1.26. The number of hydrogen-bond donors (Lipinski definition) is 2. The number of pyridine rings is 1. The Labute approximate surface area is 138 Å². The first-order valence-corrected chi connectivity index (χ1v) is 8.11. The third kappa shape index (κ3) is 5.74. The molecule has 23 heavy (non-hydrogen) atoms. The minimum Gasteiger partial charge on any atom is -0.360 e. The fraction of sp³-hybridized carbons (Fsp3) is 0.333. The van der Waals surface area contributed by atoms with Crippen LogP contribution in [0.4, 0.5) is 5.82 Å². The zero-order chi connectivity index (χ0) is 16.7. The van der Waals surface area contributed by atoms with E-state index in [1.165, 1.54) is 11.8 Å².